The number of thioether (sulfide) groups is 1. The van der Waals surface area contributed by atoms with E-state index in [1.54, 1.807) is 18.7 Å². The summed E-state index contributed by atoms with van der Waals surface area (Å²) in [6.07, 6.45) is 3.39. The number of rotatable bonds is 6. The first-order valence-electron chi connectivity index (χ1n) is 7.77. The summed E-state index contributed by atoms with van der Waals surface area (Å²) in [5, 5.41) is 7.77. The molecule has 0 aliphatic heterocycles. The van der Waals surface area contributed by atoms with Crippen LogP contribution in [0.25, 0.3) is 21.5 Å². The fraction of sp³-hybridized carbons (Fsp3) is 0.200. The van der Waals surface area contributed by atoms with Crippen molar-refractivity contribution in [3.05, 3.63) is 54.1 Å². The predicted molar refractivity (Wildman–Crippen MR) is 101 cm³/mol. The number of fused-ring (bicyclic) bond motifs is 2. The molecule has 0 amide bonds. The summed E-state index contributed by atoms with van der Waals surface area (Å²) in [5.74, 6) is 0. The Balaban J connectivity index is 2.25. The molecule has 0 fully saturated rings. The van der Waals surface area contributed by atoms with Crippen LogP contribution < -0.4 is 5.32 Å². The Morgan fingerprint density at radius 1 is 0.917 bits per heavy atom. The van der Waals surface area contributed by atoms with E-state index in [1.807, 2.05) is 24.3 Å². The van der Waals surface area contributed by atoms with Crippen molar-refractivity contribution in [1.82, 2.24) is 5.32 Å². The van der Waals surface area contributed by atoms with E-state index in [-0.39, 0.29) is 0 Å². The molecule has 0 bridgehead atoms. The second kappa shape index (κ2) is 6.75. The topological polar surface area (TPSA) is 46.2 Å². The van der Waals surface area contributed by atoms with Crippen LogP contribution in [0, 0.1) is 0 Å². The standard InChI is InChI=1S/C20H19NO2S/c1-20(12-22,13-23)21-11-18-14-7-3-5-9-16(14)19(24-2)17-10-6-4-8-15(17)18/h3-10,12-13,21H,11H2,1-2H3. The summed E-state index contributed by atoms with van der Waals surface area (Å²) in [7, 11) is 0. The van der Waals surface area contributed by atoms with E-state index in [2.05, 4.69) is 35.8 Å². The maximum Gasteiger partial charge on any atom is 0.147 e. The third-order valence-electron chi connectivity index (χ3n) is 4.33. The van der Waals surface area contributed by atoms with Crippen molar-refractivity contribution in [3.63, 3.8) is 0 Å². The summed E-state index contributed by atoms with van der Waals surface area (Å²) in [6, 6.07) is 16.5. The Bertz CT molecular complexity index is 855. The summed E-state index contributed by atoms with van der Waals surface area (Å²) in [5.41, 5.74) is -0.0608. The molecule has 1 N–H and O–H groups in total. The van der Waals surface area contributed by atoms with Gasteiger partial charge >= 0.3 is 0 Å². The van der Waals surface area contributed by atoms with Gasteiger partial charge < -0.3 is 9.59 Å². The molecule has 3 rings (SSSR count). The first kappa shape index (κ1) is 16.7. The minimum Gasteiger partial charge on any atom is -0.301 e. The van der Waals surface area contributed by atoms with Crippen molar-refractivity contribution in [3.8, 4) is 0 Å². The smallest absolute Gasteiger partial charge is 0.147 e. The Morgan fingerprint density at radius 3 is 1.79 bits per heavy atom. The fourth-order valence-electron chi connectivity index (χ4n) is 2.98. The highest BCUT2D eigenvalue weighted by molar-refractivity contribution is 7.99. The van der Waals surface area contributed by atoms with Crippen LogP contribution in [0.5, 0.6) is 0 Å². The normalized spacial score (nSPS) is 11.8. The lowest BCUT2D eigenvalue weighted by Gasteiger charge is -2.21. The molecule has 0 saturated heterocycles. The quantitative estimate of drug-likeness (QED) is 0.320. The van der Waals surface area contributed by atoms with Crippen LogP contribution in [0.3, 0.4) is 0 Å². The van der Waals surface area contributed by atoms with Crippen LogP contribution in [-0.2, 0) is 16.1 Å². The molecule has 0 spiro atoms. The molecule has 3 nitrogen and oxygen atoms in total. The highest BCUT2D eigenvalue weighted by Crippen LogP contribution is 2.37. The molecule has 0 aliphatic rings. The first-order valence-corrected chi connectivity index (χ1v) is 9.00. The van der Waals surface area contributed by atoms with Crippen LogP contribution in [0.1, 0.15) is 12.5 Å². The van der Waals surface area contributed by atoms with Crippen LogP contribution >= 0.6 is 11.8 Å². The Kier molecular flexibility index (Phi) is 4.69. The average molecular weight is 337 g/mol. The molecule has 0 unspecified atom stereocenters. The number of carbonyl (C=O) groups excluding carboxylic acids is 2. The van der Waals surface area contributed by atoms with E-state index in [0.29, 0.717) is 19.1 Å². The number of carbonyl (C=O) groups is 2. The minimum absolute atomic E-state index is 0.448. The number of hydrogen-bond acceptors (Lipinski definition) is 4. The molecule has 122 valence electrons. The van der Waals surface area contributed by atoms with E-state index >= 15 is 0 Å². The highest BCUT2D eigenvalue weighted by Gasteiger charge is 2.22. The number of hydrogen-bond donors (Lipinski definition) is 1. The molecular weight excluding hydrogens is 318 g/mol. The van der Waals surface area contributed by atoms with E-state index in [9.17, 15) is 9.59 Å². The molecule has 0 radical (unpaired) electrons. The maximum absolute atomic E-state index is 11.2. The van der Waals surface area contributed by atoms with Gasteiger partial charge in [0.1, 0.15) is 18.1 Å². The third kappa shape index (κ3) is 2.83. The molecule has 0 heterocycles. The van der Waals surface area contributed by atoms with Gasteiger partial charge in [0.25, 0.3) is 0 Å². The fourth-order valence-corrected chi connectivity index (χ4v) is 3.77. The lowest BCUT2D eigenvalue weighted by Crippen LogP contribution is -2.45. The molecule has 0 aromatic heterocycles. The van der Waals surface area contributed by atoms with Crippen LogP contribution in [-0.4, -0.2) is 24.4 Å². The Labute approximate surface area is 145 Å². The zero-order valence-electron chi connectivity index (χ0n) is 13.7. The van der Waals surface area contributed by atoms with Gasteiger partial charge in [-0.15, -0.1) is 11.8 Å². The van der Waals surface area contributed by atoms with Gasteiger partial charge in [-0.25, -0.2) is 0 Å². The van der Waals surface area contributed by atoms with Crippen molar-refractivity contribution < 1.29 is 9.59 Å². The van der Waals surface area contributed by atoms with Gasteiger partial charge in [0.05, 0.1) is 0 Å². The van der Waals surface area contributed by atoms with Crippen molar-refractivity contribution in [2.45, 2.75) is 23.9 Å². The monoisotopic (exact) mass is 337 g/mol. The van der Waals surface area contributed by atoms with E-state index in [0.717, 1.165) is 16.3 Å². The van der Waals surface area contributed by atoms with Crippen molar-refractivity contribution in [1.29, 1.82) is 0 Å². The van der Waals surface area contributed by atoms with Crippen molar-refractivity contribution >= 4 is 45.9 Å². The van der Waals surface area contributed by atoms with Crippen LogP contribution in [0.15, 0.2) is 53.4 Å². The molecule has 0 aliphatic carbocycles. The van der Waals surface area contributed by atoms with Gasteiger partial charge in [-0.05, 0) is 40.3 Å². The molecule has 3 aromatic carbocycles. The Morgan fingerprint density at radius 2 is 1.38 bits per heavy atom. The van der Waals surface area contributed by atoms with E-state index < -0.39 is 5.54 Å². The van der Waals surface area contributed by atoms with Gasteiger partial charge in [0, 0.05) is 11.4 Å². The zero-order chi connectivity index (χ0) is 17.2. The lowest BCUT2D eigenvalue weighted by molar-refractivity contribution is -0.121. The molecule has 0 atom stereocenters. The minimum atomic E-state index is -1.17. The lowest BCUT2D eigenvalue weighted by atomic mass is 9.95. The highest BCUT2D eigenvalue weighted by atomic mass is 32.2. The van der Waals surface area contributed by atoms with Crippen molar-refractivity contribution in [2.24, 2.45) is 0 Å². The molecule has 24 heavy (non-hydrogen) atoms. The SMILES string of the molecule is CSc1c2ccccc2c(CNC(C)(C=O)C=O)c2ccccc12. The van der Waals surface area contributed by atoms with E-state index in [1.165, 1.54) is 15.7 Å². The van der Waals surface area contributed by atoms with Gasteiger partial charge in [0.15, 0.2) is 0 Å². The maximum atomic E-state index is 11.2. The third-order valence-corrected chi connectivity index (χ3v) is 5.18. The van der Waals surface area contributed by atoms with Gasteiger partial charge in [0.2, 0.25) is 0 Å². The molecule has 0 saturated carbocycles. The molecule has 3 aromatic rings. The number of benzene rings is 3. The Hall–Kier alpha value is -2.17. The summed E-state index contributed by atoms with van der Waals surface area (Å²) >= 11 is 1.74. The summed E-state index contributed by atoms with van der Waals surface area (Å²) in [4.78, 5) is 23.7. The molecular formula is C20H19NO2S. The van der Waals surface area contributed by atoms with E-state index in [4.69, 9.17) is 0 Å². The number of nitrogens with one attached hydrogen (secondary N) is 1. The summed E-state index contributed by atoms with van der Waals surface area (Å²) in [6.45, 7) is 2.04. The average Bonchev–Trinajstić information content (AvgIpc) is 2.64. The zero-order valence-corrected chi connectivity index (χ0v) is 14.5. The van der Waals surface area contributed by atoms with Crippen molar-refractivity contribution in [2.75, 3.05) is 6.26 Å². The number of aldehydes is 2. The van der Waals surface area contributed by atoms with Gasteiger partial charge in [-0.1, -0.05) is 48.5 Å². The first-order chi connectivity index (χ1) is 11.6. The van der Waals surface area contributed by atoms with Crippen LogP contribution in [0.2, 0.25) is 0 Å². The predicted octanol–water partition coefficient (Wildman–Crippen LogP) is 3.96. The van der Waals surface area contributed by atoms with Gasteiger partial charge in [-0.2, -0.15) is 0 Å². The molecule has 4 heteroatoms. The largest absolute Gasteiger partial charge is 0.301 e. The summed E-state index contributed by atoms with van der Waals surface area (Å²) < 4.78 is 0. The second-order valence-electron chi connectivity index (χ2n) is 5.97. The second-order valence-corrected chi connectivity index (χ2v) is 6.79. The van der Waals surface area contributed by atoms with Crippen LogP contribution in [0.4, 0.5) is 0 Å². The van der Waals surface area contributed by atoms with Gasteiger partial charge in [-0.3, -0.25) is 5.32 Å².